The highest BCUT2D eigenvalue weighted by molar-refractivity contribution is 6.03. The van der Waals surface area contributed by atoms with E-state index in [2.05, 4.69) is 16.0 Å². The maximum atomic E-state index is 13.1. The van der Waals surface area contributed by atoms with Gasteiger partial charge in [0.25, 0.3) is 0 Å². The molecule has 3 aromatic carbocycles. The molecule has 0 fully saturated rings. The van der Waals surface area contributed by atoms with Crippen molar-refractivity contribution in [3.63, 3.8) is 0 Å². The van der Waals surface area contributed by atoms with Crippen molar-refractivity contribution < 1.29 is 37.5 Å². The van der Waals surface area contributed by atoms with Gasteiger partial charge in [0, 0.05) is 29.3 Å². The molecule has 4 N–H and O–H groups in total. The summed E-state index contributed by atoms with van der Waals surface area (Å²) < 4.78 is 38.7. The van der Waals surface area contributed by atoms with E-state index in [0.29, 0.717) is 24.1 Å². The molecule has 0 radical (unpaired) electrons. The van der Waals surface area contributed by atoms with Gasteiger partial charge in [-0.1, -0.05) is 50.2 Å². The van der Waals surface area contributed by atoms with Gasteiger partial charge >= 0.3 is 18.2 Å². The van der Waals surface area contributed by atoms with Crippen LogP contribution in [0.15, 0.2) is 66.7 Å². The van der Waals surface area contributed by atoms with E-state index < -0.39 is 41.6 Å². The van der Waals surface area contributed by atoms with Gasteiger partial charge in [-0.25, -0.2) is 9.59 Å². The van der Waals surface area contributed by atoms with E-state index >= 15 is 0 Å². The van der Waals surface area contributed by atoms with Crippen LogP contribution in [0.3, 0.4) is 0 Å². The Morgan fingerprint density at radius 2 is 1.60 bits per heavy atom. The lowest BCUT2D eigenvalue weighted by atomic mass is 9.80. The quantitative estimate of drug-likeness (QED) is 0.246. The first-order valence-electron chi connectivity index (χ1n) is 13.4. The molecule has 3 amide bonds. The number of anilines is 2. The number of halogens is 3. The Hall–Kier alpha value is -4.67. The fraction of sp³-hybridized carbons (Fsp3) is 0.290. The number of nitrogens with one attached hydrogen (secondary N) is 3. The molecule has 0 aliphatic heterocycles. The first kappa shape index (κ1) is 30.3. The number of aliphatic carboxylic acids is 1. The topological polar surface area (TPSA) is 125 Å². The molecule has 3 aromatic rings. The summed E-state index contributed by atoms with van der Waals surface area (Å²) in [6.07, 6.45) is -3.56. The summed E-state index contributed by atoms with van der Waals surface area (Å²) in [6.45, 7) is 3.40. The molecule has 0 saturated carbocycles. The third kappa shape index (κ3) is 7.34. The molecular formula is C31H30F3N3O5. The number of Topliss-reactive ketones (excluding diaryl/α,β-unsaturated/α-hetero) is 1. The zero-order valence-corrected chi connectivity index (χ0v) is 22.9. The van der Waals surface area contributed by atoms with Gasteiger partial charge in [0.05, 0.1) is 5.56 Å². The van der Waals surface area contributed by atoms with E-state index in [-0.39, 0.29) is 23.8 Å². The number of hydrogen-bond acceptors (Lipinski definition) is 4. The van der Waals surface area contributed by atoms with Gasteiger partial charge in [0.15, 0.2) is 5.78 Å². The molecule has 0 spiro atoms. The number of carboxylic acids is 1. The molecule has 8 nitrogen and oxygen atoms in total. The number of alkyl halides is 3. The Bertz CT molecular complexity index is 1500. The summed E-state index contributed by atoms with van der Waals surface area (Å²) >= 11 is 0. The molecular weight excluding hydrogens is 551 g/mol. The summed E-state index contributed by atoms with van der Waals surface area (Å²) in [5.74, 6) is -2.56. The predicted molar refractivity (Wildman–Crippen MR) is 151 cm³/mol. The second kappa shape index (κ2) is 12.5. The Balaban J connectivity index is 1.37. The van der Waals surface area contributed by atoms with E-state index in [1.807, 2.05) is 6.07 Å². The van der Waals surface area contributed by atoms with Crippen molar-refractivity contribution in [3.8, 4) is 11.1 Å². The van der Waals surface area contributed by atoms with Crippen LogP contribution in [0.25, 0.3) is 11.1 Å². The van der Waals surface area contributed by atoms with Gasteiger partial charge in [-0.05, 0) is 65.8 Å². The summed E-state index contributed by atoms with van der Waals surface area (Å²) in [7, 11) is 0. The summed E-state index contributed by atoms with van der Waals surface area (Å²) in [5.41, 5.74) is 2.62. The number of aryl methyl sites for hydroxylation is 1. The van der Waals surface area contributed by atoms with Crippen LogP contribution in [0.2, 0.25) is 0 Å². The zero-order chi connectivity index (χ0) is 30.6. The van der Waals surface area contributed by atoms with Crippen LogP contribution in [0.5, 0.6) is 0 Å². The van der Waals surface area contributed by atoms with E-state index in [1.54, 1.807) is 50.2 Å². The van der Waals surface area contributed by atoms with E-state index in [9.17, 15) is 37.5 Å². The predicted octanol–water partition coefficient (Wildman–Crippen LogP) is 6.38. The maximum Gasteiger partial charge on any atom is 0.416 e. The van der Waals surface area contributed by atoms with Crippen molar-refractivity contribution in [1.82, 2.24) is 5.32 Å². The highest BCUT2D eigenvalue weighted by Gasteiger charge is 2.32. The zero-order valence-electron chi connectivity index (χ0n) is 22.9. The van der Waals surface area contributed by atoms with Crippen LogP contribution in [-0.4, -0.2) is 34.8 Å². The van der Waals surface area contributed by atoms with Crippen molar-refractivity contribution in [3.05, 3.63) is 83.4 Å². The fourth-order valence-electron chi connectivity index (χ4n) is 4.88. The molecule has 0 bridgehead atoms. The third-order valence-corrected chi connectivity index (χ3v) is 7.11. The molecule has 0 aromatic heterocycles. The van der Waals surface area contributed by atoms with Crippen LogP contribution in [0, 0.1) is 11.8 Å². The van der Waals surface area contributed by atoms with Crippen molar-refractivity contribution in [2.75, 3.05) is 10.6 Å². The molecule has 0 heterocycles. The Morgan fingerprint density at radius 3 is 2.24 bits per heavy atom. The molecule has 0 saturated heterocycles. The van der Waals surface area contributed by atoms with Crippen molar-refractivity contribution in [2.24, 2.45) is 11.8 Å². The van der Waals surface area contributed by atoms with Crippen LogP contribution in [0.4, 0.5) is 29.3 Å². The van der Waals surface area contributed by atoms with Gasteiger partial charge < -0.3 is 21.1 Å². The van der Waals surface area contributed by atoms with Gasteiger partial charge in [-0.3, -0.25) is 9.59 Å². The Morgan fingerprint density at radius 1 is 0.929 bits per heavy atom. The van der Waals surface area contributed by atoms with Crippen LogP contribution in [-0.2, 0) is 22.2 Å². The average Bonchev–Trinajstić information content (AvgIpc) is 2.93. The van der Waals surface area contributed by atoms with Gasteiger partial charge in [0.1, 0.15) is 6.04 Å². The number of carbonyl (C=O) groups excluding carboxylic acids is 3. The highest BCUT2D eigenvalue weighted by atomic mass is 19.4. The normalized spacial score (nSPS) is 15.5. The molecule has 11 heteroatoms. The van der Waals surface area contributed by atoms with E-state index in [0.717, 1.165) is 28.8 Å². The number of ketones is 1. The molecule has 1 unspecified atom stereocenters. The van der Waals surface area contributed by atoms with Crippen molar-refractivity contribution in [2.45, 2.75) is 45.3 Å². The Labute approximate surface area is 240 Å². The minimum Gasteiger partial charge on any atom is -0.480 e. The minimum atomic E-state index is -4.52. The van der Waals surface area contributed by atoms with Crippen molar-refractivity contribution >= 4 is 35.1 Å². The second-order valence-electron chi connectivity index (χ2n) is 10.5. The van der Waals surface area contributed by atoms with E-state index in [4.69, 9.17) is 0 Å². The number of urea groups is 1. The largest absolute Gasteiger partial charge is 0.480 e. The van der Waals surface area contributed by atoms with Gasteiger partial charge in [-0.15, -0.1) is 0 Å². The van der Waals surface area contributed by atoms with E-state index in [1.165, 1.54) is 12.1 Å². The lowest BCUT2D eigenvalue weighted by Crippen LogP contribution is -2.45. The first-order valence-corrected chi connectivity index (χ1v) is 13.4. The highest BCUT2D eigenvalue weighted by Crippen LogP contribution is 2.33. The average molecular weight is 582 g/mol. The molecule has 42 heavy (non-hydrogen) atoms. The van der Waals surface area contributed by atoms with Crippen LogP contribution >= 0.6 is 0 Å². The van der Waals surface area contributed by atoms with Gasteiger partial charge in [-0.2, -0.15) is 13.2 Å². The minimum absolute atomic E-state index is 0.00503. The summed E-state index contributed by atoms with van der Waals surface area (Å²) in [5, 5.41) is 16.8. The number of hydrogen-bond donors (Lipinski definition) is 4. The van der Waals surface area contributed by atoms with Crippen LogP contribution in [0.1, 0.15) is 48.2 Å². The lowest BCUT2D eigenvalue weighted by molar-refractivity contribution is -0.143. The first-order chi connectivity index (χ1) is 19.8. The molecule has 4 rings (SSSR count). The van der Waals surface area contributed by atoms with Crippen LogP contribution < -0.4 is 16.0 Å². The maximum absolute atomic E-state index is 13.1. The number of rotatable bonds is 8. The smallest absolute Gasteiger partial charge is 0.416 e. The van der Waals surface area contributed by atoms with Gasteiger partial charge in [0.2, 0.25) is 5.91 Å². The number of benzene rings is 3. The van der Waals surface area contributed by atoms with Crippen molar-refractivity contribution in [1.29, 1.82) is 0 Å². The number of fused-ring (bicyclic) bond motifs is 1. The molecule has 1 aliphatic carbocycles. The third-order valence-electron chi connectivity index (χ3n) is 7.11. The molecule has 220 valence electrons. The summed E-state index contributed by atoms with van der Waals surface area (Å²) in [4.78, 5) is 49.3. The molecule has 1 aliphatic rings. The number of amides is 3. The lowest BCUT2D eigenvalue weighted by Gasteiger charge is -2.25. The summed E-state index contributed by atoms with van der Waals surface area (Å²) in [6, 6.07) is 14.9. The second-order valence-corrected chi connectivity index (χ2v) is 10.5. The SMILES string of the molecule is CC(C)[C@H](NC(=O)CC1CCc2cc(-c3ccc(NC(=O)Nc4cccc(C(F)(F)F)c4)cc3)ccc2C1=O)C(=O)O. The Kier molecular flexibility index (Phi) is 8.99. The standard InChI is InChI=1S/C31H30F3N3O5/c1-17(2)27(29(40)41)37-26(38)15-21-7-6-20-14-19(10-13-25(20)28(21)39)18-8-11-23(12-9-18)35-30(42)36-24-5-3-4-22(16-24)31(32,33)34/h3-5,8-14,16-17,21,27H,6-7,15H2,1-2H3,(H,37,38)(H,40,41)(H2,35,36,42)/t21?,27-/m0/s1. The fourth-order valence-corrected chi connectivity index (χ4v) is 4.88. The monoisotopic (exact) mass is 581 g/mol. The number of carboxylic acid groups (broad SMARTS) is 1. The molecule has 2 atom stereocenters. The number of carbonyl (C=O) groups is 4.